The van der Waals surface area contributed by atoms with Crippen molar-refractivity contribution in [2.24, 2.45) is 0 Å². The lowest BCUT2D eigenvalue weighted by atomic mass is 9.83. The fourth-order valence-electron chi connectivity index (χ4n) is 3.45. The van der Waals surface area contributed by atoms with E-state index in [0.29, 0.717) is 22.6 Å². The summed E-state index contributed by atoms with van der Waals surface area (Å²) >= 11 is 0. The van der Waals surface area contributed by atoms with Crippen LogP contribution in [0.4, 0.5) is 11.4 Å². The number of rotatable bonds is 5. The minimum atomic E-state index is -0.488. The predicted octanol–water partition coefficient (Wildman–Crippen LogP) is 3.44. The third-order valence-electron chi connectivity index (χ3n) is 4.75. The van der Waals surface area contributed by atoms with Gasteiger partial charge >= 0.3 is 0 Å². The molecule has 1 aliphatic carbocycles. The molecular formula is C24H18N2O5. The summed E-state index contributed by atoms with van der Waals surface area (Å²) in [5, 5.41) is 5.30. The molecule has 0 aromatic heterocycles. The summed E-state index contributed by atoms with van der Waals surface area (Å²) in [6.07, 6.45) is 0. The van der Waals surface area contributed by atoms with E-state index in [-0.39, 0.29) is 40.9 Å². The molecule has 7 nitrogen and oxygen atoms in total. The predicted molar refractivity (Wildman–Crippen MR) is 115 cm³/mol. The average Bonchev–Trinajstić information content (AvgIpc) is 2.76. The van der Waals surface area contributed by atoms with Gasteiger partial charge in [0.25, 0.3) is 5.91 Å². The first-order valence-electron chi connectivity index (χ1n) is 9.56. The third-order valence-corrected chi connectivity index (χ3v) is 4.75. The van der Waals surface area contributed by atoms with Crippen molar-refractivity contribution in [3.63, 3.8) is 0 Å². The zero-order valence-corrected chi connectivity index (χ0v) is 16.6. The summed E-state index contributed by atoms with van der Waals surface area (Å²) in [4.78, 5) is 49.4. The number of anilines is 2. The van der Waals surface area contributed by atoms with Gasteiger partial charge < -0.3 is 15.4 Å². The highest BCUT2D eigenvalue weighted by Gasteiger charge is 2.31. The van der Waals surface area contributed by atoms with Gasteiger partial charge in [0.05, 0.1) is 11.3 Å². The number of ether oxygens (including phenoxy) is 1. The summed E-state index contributed by atoms with van der Waals surface area (Å²) in [6, 6.07) is 18.0. The van der Waals surface area contributed by atoms with Crippen LogP contribution >= 0.6 is 0 Å². The van der Waals surface area contributed by atoms with Crippen LogP contribution in [0, 0.1) is 0 Å². The first kappa shape index (κ1) is 20.0. The number of ketones is 2. The molecule has 0 radical (unpaired) electrons. The van der Waals surface area contributed by atoms with E-state index in [4.69, 9.17) is 4.74 Å². The molecule has 4 rings (SSSR count). The molecule has 1 aliphatic rings. The highest BCUT2D eigenvalue weighted by atomic mass is 16.5. The van der Waals surface area contributed by atoms with E-state index in [1.165, 1.54) is 6.92 Å². The standard InChI is InChI=1S/C24H18N2O5/c1-14(27)25-15-6-4-7-16(12-15)31-13-21(28)26-20-11-5-10-19-22(20)24(30)18-9-3-2-8-17(18)23(19)29/h2-12H,13H2,1H3,(H,25,27)(H,26,28). The van der Waals surface area contributed by atoms with E-state index in [0.717, 1.165) is 0 Å². The molecule has 2 N–H and O–H groups in total. The highest BCUT2D eigenvalue weighted by Crippen LogP contribution is 2.31. The Hall–Kier alpha value is -4.26. The summed E-state index contributed by atoms with van der Waals surface area (Å²) in [5.41, 5.74) is 1.90. The Morgan fingerprint density at radius 1 is 0.806 bits per heavy atom. The molecule has 0 bridgehead atoms. The van der Waals surface area contributed by atoms with E-state index in [1.807, 2.05) is 0 Å². The monoisotopic (exact) mass is 414 g/mol. The molecule has 0 atom stereocenters. The minimum absolute atomic E-state index is 0.173. The molecule has 3 aromatic carbocycles. The first-order chi connectivity index (χ1) is 14.9. The summed E-state index contributed by atoms with van der Waals surface area (Å²) in [6.45, 7) is 1.08. The minimum Gasteiger partial charge on any atom is -0.484 e. The zero-order valence-electron chi connectivity index (χ0n) is 16.6. The maximum atomic E-state index is 13.0. The van der Waals surface area contributed by atoms with Crippen LogP contribution in [-0.2, 0) is 9.59 Å². The van der Waals surface area contributed by atoms with Crippen LogP contribution in [0.15, 0.2) is 66.7 Å². The SMILES string of the molecule is CC(=O)Nc1cccc(OCC(=O)Nc2cccc3c2C(=O)c2ccccc2C3=O)c1. The molecule has 3 aromatic rings. The fourth-order valence-corrected chi connectivity index (χ4v) is 3.45. The smallest absolute Gasteiger partial charge is 0.262 e. The number of carbonyl (C=O) groups excluding carboxylic acids is 4. The lowest BCUT2D eigenvalue weighted by Gasteiger charge is -2.20. The Bertz CT molecular complexity index is 1230. The molecule has 0 spiro atoms. The topological polar surface area (TPSA) is 102 Å². The van der Waals surface area contributed by atoms with Gasteiger partial charge in [0.1, 0.15) is 5.75 Å². The van der Waals surface area contributed by atoms with Crippen LogP contribution in [0.2, 0.25) is 0 Å². The molecule has 0 heterocycles. The number of benzene rings is 3. The molecule has 0 saturated carbocycles. The van der Waals surface area contributed by atoms with E-state index in [9.17, 15) is 19.2 Å². The zero-order chi connectivity index (χ0) is 22.0. The van der Waals surface area contributed by atoms with Crippen LogP contribution in [-0.4, -0.2) is 30.0 Å². The van der Waals surface area contributed by atoms with E-state index in [2.05, 4.69) is 10.6 Å². The second kappa shape index (κ2) is 8.23. The van der Waals surface area contributed by atoms with Crippen molar-refractivity contribution >= 4 is 34.8 Å². The van der Waals surface area contributed by atoms with E-state index >= 15 is 0 Å². The van der Waals surface area contributed by atoms with Crippen LogP contribution in [0.5, 0.6) is 5.75 Å². The molecule has 7 heteroatoms. The van der Waals surface area contributed by atoms with Gasteiger partial charge in [-0.2, -0.15) is 0 Å². The van der Waals surface area contributed by atoms with Gasteiger partial charge in [-0.25, -0.2) is 0 Å². The van der Waals surface area contributed by atoms with Crippen molar-refractivity contribution in [2.75, 3.05) is 17.2 Å². The Morgan fingerprint density at radius 3 is 2.23 bits per heavy atom. The fraction of sp³-hybridized carbons (Fsp3) is 0.0833. The number of fused-ring (bicyclic) bond motifs is 2. The van der Waals surface area contributed by atoms with Gasteiger partial charge in [0.15, 0.2) is 18.2 Å². The molecule has 0 aliphatic heterocycles. The molecule has 154 valence electrons. The average molecular weight is 414 g/mol. The quantitative estimate of drug-likeness (QED) is 0.521. The summed E-state index contributed by atoms with van der Waals surface area (Å²) in [7, 11) is 0. The van der Waals surface area contributed by atoms with Gasteiger partial charge in [-0.15, -0.1) is 0 Å². The summed E-state index contributed by atoms with van der Waals surface area (Å²) < 4.78 is 5.50. The van der Waals surface area contributed by atoms with Crippen molar-refractivity contribution in [3.05, 3.63) is 89.0 Å². The van der Waals surface area contributed by atoms with Crippen molar-refractivity contribution in [2.45, 2.75) is 6.92 Å². The lowest BCUT2D eigenvalue weighted by molar-refractivity contribution is -0.118. The van der Waals surface area contributed by atoms with Gasteiger partial charge in [0.2, 0.25) is 5.91 Å². The molecule has 0 saturated heterocycles. The van der Waals surface area contributed by atoms with Gasteiger partial charge in [0, 0.05) is 35.4 Å². The van der Waals surface area contributed by atoms with Gasteiger partial charge in [-0.3, -0.25) is 19.2 Å². The van der Waals surface area contributed by atoms with Crippen molar-refractivity contribution < 1.29 is 23.9 Å². The van der Waals surface area contributed by atoms with Crippen LogP contribution < -0.4 is 15.4 Å². The maximum Gasteiger partial charge on any atom is 0.262 e. The number of hydrogen-bond acceptors (Lipinski definition) is 5. The van der Waals surface area contributed by atoms with Crippen molar-refractivity contribution in [3.8, 4) is 5.75 Å². The van der Waals surface area contributed by atoms with E-state index in [1.54, 1.807) is 66.7 Å². The number of amides is 2. The number of nitrogens with one attached hydrogen (secondary N) is 2. The van der Waals surface area contributed by atoms with Crippen molar-refractivity contribution in [1.29, 1.82) is 0 Å². The van der Waals surface area contributed by atoms with Gasteiger partial charge in [-0.1, -0.05) is 42.5 Å². The van der Waals surface area contributed by atoms with Crippen LogP contribution in [0.3, 0.4) is 0 Å². The summed E-state index contributed by atoms with van der Waals surface area (Å²) in [5.74, 6) is -0.879. The second-order valence-corrected chi connectivity index (χ2v) is 6.98. The lowest BCUT2D eigenvalue weighted by Crippen LogP contribution is -2.25. The Labute approximate surface area is 178 Å². The van der Waals surface area contributed by atoms with Crippen LogP contribution in [0.25, 0.3) is 0 Å². The Balaban J connectivity index is 1.51. The third kappa shape index (κ3) is 4.06. The first-order valence-corrected chi connectivity index (χ1v) is 9.56. The molecule has 31 heavy (non-hydrogen) atoms. The van der Waals surface area contributed by atoms with Crippen molar-refractivity contribution in [1.82, 2.24) is 0 Å². The Kier molecular flexibility index (Phi) is 5.32. The van der Waals surface area contributed by atoms with E-state index < -0.39 is 5.91 Å². The highest BCUT2D eigenvalue weighted by molar-refractivity contribution is 6.30. The second-order valence-electron chi connectivity index (χ2n) is 6.98. The van der Waals surface area contributed by atoms with Gasteiger partial charge in [-0.05, 0) is 18.2 Å². The van der Waals surface area contributed by atoms with Crippen LogP contribution in [0.1, 0.15) is 38.8 Å². The molecule has 2 amide bonds. The Morgan fingerprint density at radius 2 is 1.48 bits per heavy atom. The molecular weight excluding hydrogens is 396 g/mol. The normalized spacial score (nSPS) is 11.9. The molecule has 0 unspecified atom stereocenters. The maximum absolute atomic E-state index is 13.0. The molecule has 0 fully saturated rings. The number of hydrogen-bond donors (Lipinski definition) is 2. The largest absolute Gasteiger partial charge is 0.484 e. The number of carbonyl (C=O) groups is 4.